The van der Waals surface area contributed by atoms with Gasteiger partial charge in [-0.3, -0.25) is 9.59 Å². The molecule has 0 aromatic heterocycles. The largest absolute Gasteiger partial charge is 0.434 e. The Morgan fingerprint density at radius 3 is 2.38 bits per heavy atom. The van der Waals surface area contributed by atoms with Gasteiger partial charge >= 0.3 is 6.61 Å². The molecule has 0 aliphatic heterocycles. The van der Waals surface area contributed by atoms with Gasteiger partial charge in [0.1, 0.15) is 5.75 Å². The van der Waals surface area contributed by atoms with Crippen molar-refractivity contribution in [2.24, 2.45) is 11.7 Å². The number of alkyl halides is 2. The molecule has 1 aromatic carbocycles. The third kappa shape index (κ3) is 7.53. The molecule has 9 heteroatoms. The summed E-state index contributed by atoms with van der Waals surface area (Å²) >= 11 is 0. The Kier molecular flexibility index (Phi) is 10.8. The van der Waals surface area contributed by atoms with Crippen molar-refractivity contribution in [3.05, 3.63) is 29.8 Å². The standard InChI is InChI=1S/C17H25F2N3O3.ClH/c1-4-12(11-7-5-6-8-13(11)25-17(18)19)22-14(23)9-21-16(24)15(20)10(2)3;/h5-8,10,12,15,17H,4,9,20H2,1-3H3,(H,21,24)(H,22,23);1H/t12?,15-;/m0./s1. The quantitative estimate of drug-likeness (QED) is 0.600. The van der Waals surface area contributed by atoms with E-state index in [1.807, 2.05) is 0 Å². The van der Waals surface area contributed by atoms with E-state index >= 15 is 0 Å². The smallest absolute Gasteiger partial charge is 0.387 e. The Balaban J connectivity index is 0.00000625. The zero-order valence-corrected chi connectivity index (χ0v) is 15.8. The lowest BCUT2D eigenvalue weighted by Crippen LogP contribution is -2.47. The highest BCUT2D eigenvalue weighted by atomic mass is 35.5. The molecular formula is C17H26ClF2N3O3. The van der Waals surface area contributed by atoms with Gasteiger partial charge in [-0.25, -0.2) is 0 Å². The lowest BCUT2D eigenvalue weighted by atomic mass is 10.0. The molecular weight excluding hydrogens is 368 g/mol. The fourth-order valence-electron chi connectivity index (χ4n) is 2.20. The SMILES string of the molecule is CCC(NC(=O)CNC(=O)[C@@H](N)C(C)C)c1ccccc1OC(F)F.Cl. The van der Waals surface area contributed by atoms with Gasteiger partial charge in [-0.2, -0.15) is 8.78 Å². The Labute approximate surface area is 158 Å². The number of hydrogen-bond donors (Lipinski definition) is 3. The minimum atomic E-state index is -2.95. The second kappa shape index (κ2) is 11.6. The molecule has 0 saturated carbocycles. The molecule has 26 heavy (non-hydrogen) atoms. The lowest BCUT2D eigenvalue weighted by Gasteiger charge is -2.21. The molecule has 0 saturated heterocycles. The molecule has 6 nitrogen and oxygen atoms in total. The van der Waals surface area contributed by atoms with Gasteiger partial charge in [0.25, 0.3) is 0 Å². The van der Waals surface area contributed by atoms with Gasteiger partial charge in [0.05, 0.1) is 18.6 Å². The van der Waals surface area contributed by atoms with Gasteiger partial charge in [-0.1, -0.05) is 39.0 Å². The van der Waals surface area contributed by atoms with Crippen LogP contribution in [0.15, 0.2) is 24.3 Å². The minimum absolute atomic E-state index is 0. The molecule has 0 fully saturated rings. The summed E-state index contributed by atoms with van der Waals surface area (Å²) in [7, 11) is 0. The second-order valence-corrected chi connectivity index (χ2v) is 5.93. The highest BCUT2D eigenvalue weighted by Crippen LogP contribution is 2.28. The molecule has 4 N–H and O–H groups in total. The molecule has 1 unspecified atom stereocenters. The summed E-state index contributed by atoms with van der Waals surface area (Å²) < 4.78 is 29.5. The van der Waals surface area contributed by atoms with Crippen molar-refractivity contribution in [1.82, 2.24) is 10.6 Å². The van der Waals surface area contributed by atoms with E-state index in [1.165, 1.54) is 6.07 Å². The normalized spacial score (nSPS) is 12.9. The number of benzene rings is 1. The Hall–Kier alpha value is -1.93. The summed E-state index contributed by atoms with van der Waals surface area (Å²) in [6, 6.07) is 5.06. The Morgan fingerprint density at radius 1 is 1.23 bits per heavy atom. The van der Waals surface area contributed by atoms with Crippen LogP contribution in [0.5, 0.6) is 5.75 Å². The molecule has 0 aliphatic rings. The first-order chi connectivity index (χ1) is 11.8. The van der Waals surface area contributed by atoms with Crippen molar-refractivity contribution in [2.45, 2.75) is 45.9 Å². The molecule has 0 bridgehead atoms. The highest BCUT2D eigenvalue weighted by molar-refractivity contribution is 5.87. The van der Waals surface area contributed by atoms with Crippen molar-refractivity contribution in [3.63, 3.8) is 0 Å². The van der Waals surface area contributed by atoms with Gasteiger partial charge in [0.15, 0.2) is 0 Å². The van der Waals surface area contributed by atoms with Crippen LogP contribution in [0.1, 0.15) is 38.8 Å². The minimum Gasteiger partial charge on any atom is -0.434 e. The van der Waals surface area contributed by atoms with Crippen LogP contribution in [-0.2, 0) is 9.59 Å². The van der Waals surface area contributed by atoms with E-state index in [-0.39, 0.29) is 30.6 Å². The molecule has 0 heterocycles. The average Bonchev–Trinajstić information content (AvgIpc) is 2.56. The highest BCUT2D eigenvalue weighted by Gasteiger charge is 2.21. The molecule has 1 aromatic rings. The maximum absolute atomic E-state index is 12.5. The molecule has 148 valence electrons. The number of nitrogens with one attached hydrogen (secondary N) is 2. The number of carbonyl (C=O) groups excluding carboxylic acids is 2. The van der Waals surface area contributed by atoms with Gasteiger partial charge in [0, 0.05) is 5.56 Å². The number of rotatable bonds is 9. The molecule has 2 amide bonds. The van der Waals surface area contributed by atoms with Crippen molar-refractivity contribution in [3.8, 4) is 5.75 Å². The molecule has 2 atom stereocenters. The van der Waals surface area contributed by atoms with Crippen molar-refractivity contribution >= 4 is 24.2 Å². The number of halogens is 3. The first kappa shape index (κ1) is 24.1. The van der Waals surface area contributed by atoms with Crippen LogP contribution in [0.2, 0.25) is 0 Å². The van der Waals surface area contributed by atoms with E-state index in [1.54, 1.807) is 39.0 Å². The summed E-state index contributed by atoms with van der Waals surface area (Å²) in [5.41, 5.74) is 6.15. The summed E-state index contributed by atoms with van der Waals surface area (Å²) in [4.78, 5) is 23.8. The van der Waals surface area contributed by atoms with E-state index < -0.39 is 30.5 Å². The monoisotopic (exact) mass is 393 g/mol. The number of ether oxygens (including phenoxy) is 1. The predicted molar refractivity (Wildman–Crippen MR) is 97.3 cm³/mol. The van der Waals surface area contributed by atoms with Crippen LogP contribution in [0.3, 0.4) is 0 Å². The number of nitrogens with two attached hydrogens (primary N) is 1. The Morgan fingerprint density at radius 2 is 1.85 bits per heavy atom. The summed E-state index contributed by atoms with van der Waals surface area (Å²) in [6.45, 7) is 2.21. The van der Waals surface area contributed by atoms with Crippen LogP contribution in [0, 0.1) is 5.92 Å². The zero-order chi connectivity index (χ0) is 19.0. The number of amides is 2. The third-order valence-corrected chi connectivity index (χ3v) is 3.70. The van der Waals surface area contributed by atoms with Crippen LogP contribution in [-0.4, -0.2) is 31.0 Å². The number of hydrogen-bond acceptors (Lipinski definition) is 4. The average molecular weight is 394 g/mol. The van der Waals surface area contributed by atoms with E-state index in [0.29, 0.717) is 12.0 Å². The van der Waals surface area contributed by atoms with Crippen LogP contribution < -0.4 is 21.1 Å². The fourth-order valence-corrected chi connectivity index (χ4v) is 2.20. The number of carbonyl (C=O) groups is 2. The molecule has 0 aliphatic carbocycles. The molecule has 1 rings (SSSR count). The fraction of sp³-hybridized carbons (Fsp3) is 0.529. The van der Waals surface area contributed by atoms with Gasteiger partial charge < -0.3 is 21.1 Å². The van der Waals surface area contributed by atoms with E-state index in [4.69, 9.17) is 5.73 Å². The first-order valence-corrected chi connectivity index (χ1v) is 8.12. The first-order valence-electron chi connectivity index (χ1n) is 8.12. The zero-order valence-electron chi connectivity index (χ0n) is 15.0. The second-order valence-electron chi connectivity index (χ2n) is 5.93. The van der Waals surface area contributed by atoms with E-state index in [2.05, 4.69) is 15.4 Å². The lowest BCUT2D eigenvalue weighted by molar-refractivity contribution is -0.127. The molecule has 0 radical (unpaired) electrons. The van der Waals surface area contributed by atoms with E-state index in [0.717, 1.165) is 0 Å². The predicted octanol–water partition coefficient (Wildman–Crippen LogP) is 2.38. The maximum atomic E-state index is 12.5. The van der Waals surface area contributed by atoms with Crippen LogP contribution >= 0.6 is 12.4 Å². The van der Waals surface area contributed by atoms with Crippen LogP contribution in [0.25, 0.3) is 0 Å². The van der Waals surface area contributed by atoms with E-state index in [9.17, 15) is 18.4 Å². The van der Waals surface area contributed by atoms with Crippen molar-refractivity contribution < 1.29 is 23.1 Å². The van der Waals surface area contributed by atoms with Gasteiger partial charge in [-0.05, 0) is 18.4 Å². The third-order valence-electron chi connectivity index (χ3n) is 3.70. The Bertz CT molecular complexity index is 588. The van der Waals surface area contributed by atoms with Gasteiger partial charge in [0.2, 0.25) is 11.8 Å². The van der Waals surface area contributed by atoms with Crippen molar-refractivity contribution in [2.75, 3.05) is 6.54 Å². The number of para-hydroxylation sites is 1. The van der Waals surface area contributed by atoms with Crippen LogP contribution in [0.4, 0.5) is 8.78 Å². The summed E-state index contributed by atoms with van der Waals surface area (Å²) in [5.74, 6) is -0.900. The topological polar surface area (TPSA) is 93.5 Å². The molecule has 0 spiro atoms. The van der Waals surface area contributed by atoms with Gasteiger partial charge in [-0.15, -0.1) is 12.4 Å². The maximum Gasteiger partial charge on any atom is 0.387 e. The van der Waals surface area contributed by atoms with Crippen molar-refractivity contribution in [1.29, 1.82) is 0 Å². The summed E-state index contributed by atoms with van der Waals surface area (Å²) in [6.07, 6.45) is 0.467. The summed E-state index contributed by atoms with van der Waals surface area (Å²) in [5, 5.41) is 5.16.